The Kier molecular flexibility index (Phi) is 3.54. The van der Waals surface area contributed by atoms with Gasteiger partial charge < -0.3 is 10.5 Å². The first kappa shape index (κ1) is 12.9. The standard InChI is InChI=1S/C12H10ClNO3S/c1-6(11(14)15)17-12(16)10-9(13)7-4-2-3-5-8(7)18-10/h2-6H,1H3,(H2,14,15)/t6-/m1/s1. The molecular formula is C12H10ClNO3S. The molecule has 0 unspecified atom stereocenters. The number of benzene rings is 1. The molecule has 0 aliphatic carbocycles. The minimum atomic E-state index is -0.973. The molecule has 18 heavy (non-hydrogen) atoms. The minimum Gasteiger partial charge on any atom is -0.448 e. The maximum atomic E-state index is 11.8. The fourth-order valence-electron chi connectivity index (χ4n) is 1.42. The third-order valence-corrected chi connectivity index (χ3v) is 4.06. The summed E-state index contributed by atoms with van der Waals surface area (Å²) < 4.78 is 5.81. The van der Waals surface area contributed by atoms with Crippen molar-refractivity contribution in [3.05, 3.63) is 34.2 Å². The molecule has 0 fully saturated rings. The van der Waals surface area contributed by atoms with Crippen LogP contribution in [0.15, 0.2) is 24.3 Å². The van der Waals surface area contributed by atoms with Crippen molar-refractivity contribution in [2.45, 2.75) is 13.0 Å². The van der Waals surface area contributed by atoms with Gasteiger partial charge in [-0.3, -0.25) is 4.79 Å². The fourth-order valence-corrected chi connectivity index (χ4v) is 2.81. The number of amides is 1. The molecule has 0 saturated carbocycles. The number of esters is 1. The predicted molar refractivity (Wildman–Crippen MR) is 70.9 cm³/mol. The Hall–Kier alpha value is -1.59. The quantitative estimate of drug-likeness (QED) is 0.880. The molecule has 0 radical (unpaired) electrons. The van der Waals surface area contributed by atoms with Crippen molar-refractivity contribution >= 4 is 44.9 Å². The number of carbonyl (C=O) groups excluding carboxylic acids is 2. The van der Waals surface area contributed by atoms with Gasteiger partial charge in [0.25, 0.3) is 5.91 Å². The molecule has 1 amide bonds. The second-order valence-electron chi connectivity index (χ2n) is 3.69. The molecule has 0 spiro atoms. The van der Waals surface area contributed by atoms with Gasteiger partial charge in [-0.15, -0.1) is 11.3 Å². The molecular weight excluding hydrogens is 274 g/mol. The van der Waals surface area contributed by atoms with Gasteiger partial charge in [-0.25, -0.2) is 4.79 Å². The lowest BCUT2D eigenvalue weighted by Gasteiger charge is -2.08. The van der Waals surface area contributed by atoms with E-state index in [4.69, 9.17) is 22.1 Å². The van der Waals surface area contributed by atoms with Crippen molar-refractivity contribution in [2.24, 2.45) is 5.73 Å². The summed E-state index contributed by atoms with van der Waals surface area (Å²) in [7, 11) is 0. The molecule has 0 bridgehead atoms. The molecule has 94 valence electrons. The first-order chi connectivity index (χ1) is 8.50. The smallest absolute Gasteiger partial charge is 0.350 e. The molecule has 0 aliphatic rings. The van der Waals surface area contributed by atoms with E-state index in [0.717, 1.165) is 10.1 Å². The van der Waals surface area contributed by atoms with E-state index in [1.54, 1.807) is 0 Å². The highest BCUT2D eigenvalue weighted by molar-refractivity contribution is 7.21. The van der Waals surface area contributed by atoms with E-state index < -0.39 is 18.0 Å². The Morgan fingerprint density at radius 3 is 2.67 bits per heavy atom. The maximum absolute atomic E-state index is 11.8. The highest BCUT2D eigenvalue weighted by atomic mass is 35.5. The summed E-state index contributed by atoms with van der Waals surface area (Å²) in [5.74, 6) is -1.33. The number of rotatable bonds is 3. The number of nitrogens with two attached hydrogens (primary N) is 1. The van der Waals surface area contributed by atoms with Crippen LogP contribution in [-0.4, -0.2) is 18.0 Å². The van der Waals surface area contributed by atoms with Crippen LogP contribution in [-0.2, 0) is 9.53 Å². The second kappa shape index (κ2) is 4.96. The molecule has 1 aromatic heterocycles. The lowest BCUT2D eigenvalue weighted by molar-refractivity contribution is -0.125. The third-order valence-electron chi connectivity index (χ3n) is 2.40. The number of carbonyl (C=O) groups is 2. The van der Waals surface area contributed by atoms with Crippen molar-refractivity contribution < 1.29 is 14.3 Å². The number of thiophene rings is 1. The molecule has 1 atom stereocenters. The Morgan fingerprint density at radius 2 is 2.06 bits per heavy atom. The normalized spacial score (nSPS) is 12.3. The lowest BCUT2D eigenvalue weighted by atomic mass is 10.2. The molecule has 0 saturated heterocycles. The second-order valence-corrected chi connectivity index (χ2v) is 5.12. The molecule has 1 heterocycles. The van der Waals surface area contributed by atoms with Crippen molar-refractivity contribution in [3.8, 4) is 0 Å². The van der Waals surface area contributed by atoms with Crippen molar-refractivity contribution in [1.82, 2.24) is 0 Å². The number of halogens is 1. The lowest BCUT2D eigenvalue weighted by Crippen LogP contribution is -2.30. The van der Waals surface area contributed by atoms with E-state index in [2.05, 4.69) is 0 Å². The zero-order valence-corrected chi connectivity index (χ0v) is 11.0. The van der Waals surface area contributed by atoms with Gasteiger partial charge in [0.2, 0.25) is 0 Å². The fraction of sp³-hybridized carbons (Fsp3) is 0.167. The van der Waals surface area contributed by atoms with Crippen LogP contribution in [0.25, 0.3) is 10.1 Å². The number of hydrogen-bond donors (Lipinski definition) is 1. The molecule has 4 nitrogen and oxygen atoms in total. The summed E-state index contributed by atoms with van der Waals surface area (Å²) in [6.45, 7) is 1.42. The third kappa shape index (κ3) is 2.32. The highest BCUT2D eigenvalue weighted by Gasteiger charge is 2.21. The number of primary amides is 1. The zero-order chi connectivity index (χ0) is 13.3. The number of fused-ring (bicyclic) bond motifs is 1. The Labute approximate surface area is 112 Å². The van der Waals surface area contributed by atoms with E-state index in [-0.39, 0.29) is 4.88 Å². The maximum Gasteiger partial charge on any atom is 0.350 e. The van der Waals surface area contributed by atoms with E-state index >= 15 is 0 Å². The van der Waals surface area contributed by atoms with Gasteiger partial charge in [0.1, 0.15) is 4.88 Å². The van der Waals surface area contributed by atoms with Gasteiger partial charge in [-0.1, -0.05) is 29.8 Å². The predicted octanol–water partition coefficient (Wildman–Crippen LogP) is 2.59. The molecule has 6 heteroatoms. The summed E-state index contributed by atoms with van der Waals surface area (Å²) in [4.78, 5) is 23.0. The Balaban J connectivity index is 2.34. The summed E-state index contributed by atoms with van der Waals surface area (Å²) >= 11 is 7.34. The Bertz CT molecular complexity index is 623. The molecule has 2 aromatic rings. The minimum absolute atomic E-state index is 0.283. The highest BCUT2D eigenvalue weighted by Crippen LogP contribution is 2.35. The van der Waals surface area contributed by atoms with Crippen LogP contribution < -0.4 is 5.73 Å². The van der Waals surface area contributed by atoms with Gasteiger partial charge in [-0.05, 0) is 13.0 Å². The van der Waals surface area contributed by atoms with Crippen LogP contribution >= 0.6 is 22.9 Å². The largest absolute Gasteiger partial charge is 0.448 e. The van der Waals surface area contributed by atoms with Crippen LogP contribution in [0, 0.1) is 0 Å². The number of ether oxygens (including phenoxy) is 1. The van der Waals surface area contributed by atoms with Crippen LogP contribution in [0.4, 0.5) is 0 Å². The van der Waals surface area contributed by atoms with Crippen LogP contribution in [0.5, 0.6) is 0 Å². The van der Waals surface area contributed by atoms with Gasteiger partial charge >= 0.3 is 5.97 Å². The monoisotopic (exact) mass is 283 g/mol. The number of hydrogen-bond acceptors (Lipinski definition) is 4. The van der Waals surface area contributed by atoms with E-state index in [9.17, 15) is 9.59 Å². The molecule has 2 N–H and O–H groups in total. The van der Waals surface area contributed by atoms with Gasteiger partial charge in [0.15, 0.2) is 6.10 Å². The van der Waals surface area contributed by atoms with Crippen LogP contribution in [0.1, 0.15) is 16.6 Å². The average Bonchev–Trinajstić information content (AvgIpc) is 2.67. The molecule has 2 rings (SSSR count). The van der Waals surface area contributed by atoms with Gasteiger partial charge in [0.05, 0.1) is 5.02 Å². The SMILES string of the molecule is C[C@@H](OC(=O)c1sc2ccccc2c1Cl)C(N)=O. The zero-order valence-electron chi connectivity index (χ0n) is 9.48. The summed E-state index contributed by atoms with van der Waals surface area (Å²) in [6.07, 6.45) is -0.973. The summed E-state index contributed by atoms with van der Waals surface area (Å²) in [5, 5.41) is 1.14. The first-order valence-electron chi connectivity index (χ1n) is 5.18. The summed E-state index contributed by atoms with van der Waals surface area (Å²) in [6, 6.07) is 7.38. The average molecular weight is 284 g/mol. The molecule has 1 aromatic carbocycles. The van der Waals surface area contributed by atoms with E-state index in [1.165, 1.54) is 18.3 Å². The Morgan fingerprint density at radius 1 is 1.39 bits per heavy atom. The molecule has 0 aliphatic heterocycles. The van der Waals surface area contributed by atoms with Crippen molar-refractivity contribution in [3.63, 3.8) is 0 Å². The van der Waals surface area contributed by atoms with Crippen molar-refractivity contribution in [1.29, 1.82) is 0 Å². The van der Waals surface area contributed by atoms with Crippen LogP contribution in [0.2, 0.25) is 5.02 Å². The van der Waals surface area contributed by atoms with Crippen LogP contribution in [0.3, 0.4) is 0 Å². The topological polar surface area (TPSA) is 69.4 Å². The van der Waals surface area contributed by atoms with E-state index in [1.807, 2.05) is 24.3 Å². The summed E-state index contributed by atoms with van der Waals surface area (Å²) in [5.41, 5.74) is 5.03. The first-order valence-corrected chi connectivity index (χ1v) is 6.37. The van der Waals surface area contributed by atoms with Gasteiger partial charge in [-0.2, -0.15) is 0 Å². The van der Waals surface area contributed by atoms with Crippen molar-refractivity contribution in [2.75, 3.05) is 0 Å². The van der Waals surface area contributed by atoms with E-state index in [0.29, 0.717) is 5.02 Å². The van der Waals surface area contributed by atoms with Gasteiger partial charge in [0, 0.05) is 10.1 Å².